The maximum absolute atomic E-state index is 0. The van der Waals surface area contributed by atoms with Crippen molar-refractivity contribution in [3.63, 3.8) is 0 Å². The molecule has 0 bridgehead atoms. The Morgan fingerprint density at radius 3 is 0.0300 bits per heavy atom. The fraction of sp³-hybridized carbons (Fsp3) is 0. The van der Waals surface area contributed by atoms with Gasteiger partial charge < -0.3 is 590 Å². The molecule has 0 rings (SSSR count). The van der Waals surface area contributed by atoms with Crippen LogP contribution in [0, 0.1) is 0 Å². The molecule has 0 atom stereocenters. The first kappa shape index (κ1) is 54100. The van der Waals surface area contributed by atoms with Crippen LogP contribution in [0.2, 0.25) is 0 Å². The zero-order chi connectivity index (χ0) is 0. The van der Waals surface area contributed by atoms with Crippen LogP contribution in [0.4, 0.5) is 0 Å². The average molecular weight is 1700 g/mol. The molecule has 0 saturated heterocycles. The van der Waals surface area contributed by atoms with E-state index in [2.05, 4.69) is 0 Å². The molecule has 0 aromatic carbocycles. The summed E-state index contributed by atoms with van der Waals surface area (Å²) in [6.07, 6.45) is 0. The molecule has 9 radical (unpaired) electrons. The lowest BCUT2D eigenvalue weighted by Gasteiger charge is -0.345. The number of nitrogens with zero attached hydrogens (tertiary/aromatic N) is 1. The molecule has 0 aromatic heterocycles. The normalized spacial score (nSPS) is 0. The van der Waals surface area contributed by atoms with Crippen molar-refractivity contribution in [1.82, 2.24) is 597 Å². The molecule has 0 unspecified atom stereocenters. The summed E-state index contributed by atoms with van der Waals surface area (Å²) < 4.78 is 0. The van der Waals surface area contributed by atoms with Crippen molar-refractivity contribution >= 4 is 0 Å². The van der Waals surface area contributed by atoms with Crippen LogP contribution < -0.4 is 597 Å². The number of hydrogen-bond donors (Lipinski definition) is 96. The Kier molecular flexibility index (Phi) is 28400000. The average Bonchev–Trinajstić information content (AvgIpc) is 0. The fourth-order valence-electron chi connectivity index (χ4n) is 0. The van der Waals surface area contributed by atoms with E-state index >= 15 is 0 Å². The largest absolute Gasteiger partial charge is 0.344 e. The minimum atomic E-state index is 0. The molecule has 0 heterocycles. The molecule has 100 heteroatoms. The molecular formula is H288N97O3. The van der Waals surface area contributed by atoms with Crippen molar-refractivity contribution in [2.45, 2.75) is 0 Å². The van der Waals surface area contributed by atoms with Gasteiger partial charge >= 0.3 is 0 Å². The first-order chi connectivity index (χ1) is 0. The Morgan fingerprint density at radius 1 is 0.0300 bits per heavy atom. The van der Waals surface area contributed by atoms with Crippen molar-refractivity contribution in [3.05, 3.63) is 0 Å². The van der Waals surface area contributed by atoms with Gasteiger partial charge in [0.05, 0.1) is 0 Å². The standard InChI is InChI=1S/96H3N.N.3O/h96*1H3;;;;. The predicted octanol–water partition coefficient (Wildman–Crippen LogP) is 14.7. The molecule has 100 heavy (non-hydrogen) atoms. The van der Waals surface area contributed by atoms with Crippen LogP contribution in [0.1, 0.15) is 0 Å². The van der Waals surface area contributed by atoms with Crippen LogP contribution in [0.5, 0.6) is 0 Å². The molecule has 0 amide bonds. The van der Waals surface area contributed by atoms with E-state index in [1.807, 2.05) is 0 Å². The lowest BCUT2D eigenvalue weighted by atomic mass is 14.0. The van der Waals surface area contributed by atoms with E-state index in [9.17, 15) is 0 Å². The topological polar surface area (TPSA) is 3480 Å². The lowest BCUT2D eigenvalue weighted by Crippen LogP contribution is -0.482. The Bertz CT molecular complexity index is 19.4. The molecule has 0 aliphatic rings. The molecule has 0 aromatic rings. The van der Waals surface area contributed by atoms with Crippen LogP contribution >= 0.6 is 0 Å². The van der Waals surface area contributed by atoms with E-state index in [0.717, 1.165) is 0 Å². The third kappa shape index (κ3) is 50800. The van der Waals surface area contributed by atoms with Gasteiger partial charge in [-0.25, -0.2) is 0 Å². The Morgan fingerprint density at radius 2 is 0.0300 bits per heavy atom. The minimum absolute atomic E-state index is 0. The third-order valence-corrected chi connectivity index (χ3v) is 0. The summed E-state index contributed by atoms with van der Waals surface area (Å²) in [6.45, 7) is 0. The Balaban J connectivity index is 0. The molecule has 100 nitrogen and oxygen atoms in total. The molecule has 0 saturated carbocycles. The Labute approximate surface area is 613 Å². The molecular weight excluding hydrogens is 1410 g/mol. The van der Waals surface area contributed by atoms with E-state index in [0.29, 0.717) is 0 Å². The summed E-state index contributed by atoms with van der Waals surface area (Å²) in [5, 5.41) is 0. The van der Waals surface area contributed by atoms with Gasteiger partial charge in [0.1, 0.15) is 0 Å². The van der Waals surface area contributed by atoms with Gasteiger partial charge in [-0.3, -0.25) is 0 Å². The van der Waals surface area contributed by atoms with E-state index in [1.54, 1.807) is 0 Å². The van der Waals surface area contributed by atoms with Gasteiger partial charge in [0.25, 0.3) is 0 Å². The molecule has 791 valence electrons. The van der Waals surface area contributed by atoms with Gasteiger partial charge in [0.2, 0.25) is 0 Å². The summed E-state index contributed by atoms with van der Waals surface area (Å²) in [7, 11) is 0. The zero-order valence-corrected chi connectivity index (χ0v) is 69.6. The summed E-state index contributed by atoms with van der Waals surface area (Å²) in [6, 6.07) is 0. The van der Waals surface area contributed by atoms with Crippen molar-refractivity contribution in [1.29, 1.82) is 0 Å². The summed E-state index contributed by atoms with van der Waals surface area (Å²) in [5.41, 5.74) is 0. The van der Waals surface area contributed by atoms with Gasteiger partial charge in [-0.2, -0.15) is 0 Å². The second-order valence-corrected chi connectivity index (χ2v) is 0. The van der Waals surface area contributed by atoms with Crippen molar-refractivity contribution < 1.29 is 16.4 Å². The van der Waals surface area contributed by atoms with Crippen molar-refractivity contribution in [2.75, 3.05) is 0 Å². The second kappa shape index (κ2) is 52500. The number of hydrogen-bond acceptors (Lipinski definition) is 96. The fourth-order valence-corrected chi connectivity index (χ4v) is 0. The minimum Gasteiger partial charge on any atom is -0.344 e. The van der Waals surface area contributed by atoms with Gasteiger partial charge in [-0.05, 0) is 0 Å². The highest BCUT2D eigenvalue weighted by atomic mass is 16.0. The third-order valence-electron chi connectivity index (χ3n) is 0. The van der Waals surface area contributed by atoms with Crippen molar-refractivity contribution in [2.24, 2.45) is 0 Å². The van der Waals surface area contributed by atoms with E-state index < -0.39 is 0 Å². The van der Waals surface area contributed by atoms with E-state index in [-0.39, 0.29) is 613 Å². The Hall–Kier alpha value is -4.00. The molecule has 0 aliphatic carbocycles. The summed E-state index contributed by atoms with van der Waals surface area (Å²) in [4.78, 5) is 0. The maximum Gasteiger partial charge on any atom is 0 e. The smallest absolute Gasteiger partial charge is 0 e. The monoisotopic (exact) mass is 1700 g/mol. The predicted molar refractivity (Wildman–Crippen MR) is 486 cm³/mol. The first-order valence-corrected chi connectivity index (χ1v) is 0. The van der Waals surface area contributed by atoms with E-state index in [4.69, 9.17) is 0 Å². The highest BCUT2D eigenvalue weighted by Crippen LogP contribution is -0.116. The van der Waals surface area contributed by atoms with Gasteiger partial charge in [0, 0.05) is 22.6 Å². The highest BCUT2D eigenvalue weighted by molar-refractivity contribution is 2.23. The number of rotatable bonds is 0. The van der Waals surface area contributed by atoms with Gasteiger partial charge in [-0.1, -0.05) is 0 Å². The van der Waals surface area contributed by atoms with Crippen LogP contribution in [0.25, 0.3) is 0 Å². The van der Waals surface area contributed by atoms with E-state index in [1.165, 1.54) is 0 Å². The summed E-state index contributed by atoms with van der Waals surface area (Å²) >= 11 is 0. The van der Waals surface area contributed by atoms with Crippen LogP contribution in [-0.4, -0.2) is 0 Å². The SMILES string of the molecule is N.N.N.N.N.N.N.N.N.N.N.N.N.N.N.N.N.N.N.N.N.N.N.N.N.N.N.N.N.N.N.N.N.N.N.N.N.N.N.N.N.N.N.N.N.N.N.N.N.N.N.N.N.N.N.N.N.N.N.N.N.N.N.N.N.N.N.N.N.N.N.N.N.N.N.N.N.N.N.N.N.N.N.N.N.N.N.N.N.N.N.N.N.N.N.N.[N].[O].[O].[O]. The zero-order valence-electron chi connectivity index (χ0n) is 69.6. The molecule has 288 N–H and O–H groups in total. The quantitative estimate of drug-likeness (QED) is 0.107. The summed E-state index contributed by atoms with van der Waals surface area (Å²) in [5.74, 6) is 0. The van der Waals surface area contributed by atoms with Crippen LogP contribution in [0.15, 0.2) is 0 Å². The molecule has 0 fully saturated rings. The van der Waals surface area contributed by atoms with Gasteiger partial charge in [0.15, 0.2) is 0 Å². The van der Waals surface area contributed by atoms with Crippen molar-refractivity contribution in [3.8, 4) is 0 Å². The van der Waals surface area contributed by atoms with Crippen LogP contribution in [0.3, 0.4) is 0 Å². The molecule has 0 spiro atoms. The molecule has 0 aliphatic heterocycles. The maximum atomic E-state index is 0. The van der Waals surface area contributed by atoms with Crippen LogP contribution in [-0.2, 0) is 16.4 Å². The second-order valence-electron chi connectivity index (χ2n) is 0. The van der Waals surface area contributed by atoms with Gasteiger partial charge in [-0.15, -0.1) is 0 Å². The first-order valence-electron chi connectivity index (χ1n) is 0. The lowest BCUT2D eigenvalue weighted by molar-refractivity contribution is 0.685. The highest BCUT2D eigenvalue weighted by Gasteiger charge is 0.00452.